The summed E-state index contributed by atoms with van der Waals surface area (Å²) in [5.41, 5.74) is 3.02. The van der Waals surface area contributed by atoms with Gasteiger partial charge in [0.15, 0.2) is 0 Å². The van der Waals surface area contributed by atoms with Gasteiger partial charge in [-0.05, 0) is 72.4 Å². The van der Waals surface area contributed by atoms with Crippen LogP contribution in [0.2, 0.25) is 0 Å². The lowest BCUT2D eigenvalue weighted by atomic mass is 9.68. The zero-order chi connectivity index (χ0) is 29.0. The van der Waals surface area contributed by atoms with Gasteiger partial charge in [0.1, 0.15) is 5.75 Å². The molecule has 1 aliphatic carbocycles. The zero-order valence-electron chi connectivity index (χ0n) is 22.1. The van der Waals surface area contributed by atoms with Gasteiger partial charge in [-0.3, -0.25) is 14.6 Å². The number of rotatable bonds is 9. The minimum absolute atomic E-state index is 0.0838. The van der Waals surface area contributed by atoms with E-state index in [9.17, 15) is 29.7 Å². The van der Waals surface area contributed by atoms with E-state index in [1.165, 1.54) is 7.11 Å². The molecule has 10 nitrogen and oxygen atoms in total. The number of ether oxygens (including phenoxy) is 2. The summed E-state index contributed by atoms with van der Waals surface area (Å²) in [6.45, 7) is -0.426. The largest absolute Gasteiger partial charge is 0.507 e. The summed E-state index contributed by atoms with van der Waals surface area (Å²) in [5.74, 6) is -4.11. The number of likely N-dealkylation sites (tertiary alicyclic amines) is 1. The Morgan fingerprint density at radius 2 is 2.00 bits per heavy atom. The predicted molar refractivity (Wildman–Crippen MR) is 148 cm³/mol. The highest BCUT2D eigenvalue weighted by Gasteiger charge is 2.57. The van der Waals surface area contributed by atoms with Crippen molar-refractivity contribution in [2.45, 2.75) is 25.4 Å². The van der Waals surface area contributed by atoms with Crippen molar-refractivity contribution in [1.29, 1.82) is 0 Å². The number of aromatic hydroxyl groups is 1. The molecule has 2 heterocycles. The minimum Gasteiger partial charge on any atom is -0.507 e. The number of pyridine rings is 1. The number of amides is 3. The van der Waals surface area contributed by atoms with E-state index in [1.54, 1.807) is 36.5 Å². The third kappa shape index (κ3) is 5.87. The van der Waals surface area contributed by atoms with Gasteiger partial charge in [0.2, 0.25) is 11.8 Å². The summed E-state index contributed by atoms with van der Waals surface area (Å²) < 4.78 is 10.8. The van der Waals surface area contributed by atoms with E-state index < -0.39 is 48.4 Å². The van der Waals surface area contributed by atoms with Crippen LogP contribution in [0.3, 0.4) is 0 Å². The second-order valence-electron chi connectivity index (χ2n) is 9.74. The van der Waals surface area contributed by atoms with E-state index in [1.807, 2.05) is 12.1 Å². The van der Waals surface area contributed by atoms with Gasteiger partial charge in [-0.2, -0.15) is 4.90 Å². The summed E-state index contributed by atoms with van der Waals surface area (Å²) in [5, 5.41) is 32.3. The average Bonchev–Trinajstić information content (AvgIpc) is 3.21. The number of phenols is 1. The Balaban J connectivity index is 1.67. The van der Waals surface area contributed by atoms with Gasteiger partial charge in [-0.15, -0.1) is 0 Å². The molecule has 1 saturated heterocycles. The lowest BCUT2D eigenvalue weighted by Crippen LogP contribution is -2.40. The highest BCUT2D eigenvalue weighted by atomic mass is 79.9. The van der Waals surface area contributed by atoms with Crippen LogP contribution < -0.4 is 0 Å². The Kier molecular flexibility index (Phi) is 9.52. The van der Waals surface area contributed by atoms with Gasteiger partial charge in [-0.1, -0.05) is 22.0 Å². The Labute approximate surface area is 240 Å². The van der Waals surface area contributed by atoms with Gasteiger partial charge < -0.3 is 24.8 Å². The summed E-state index contributed by atoms with van der Waals surface area (Å²) in [6, 6.07) is 10.5. The molecule has 40 heavy (non-hydrogen) atoms. The first-order valence-electron chi connectivity index (χ1n) is 12.8. The maximum absolute atomic E-state index is 13.2. The van der Waals surface area contributed by atoms with Crippen molar-refractivity contribution in [3.8, 4) is 5.75 Å². The van der Waals surface area contributed by atoms with Gasteiger partial charge >= 0.3 is 6.09 Å². The van der Waals surface area contributed by atoms with Crippen LogP contribution in [-0.2, 0) is 19.1 Å². The SMILES string of the molecule is COCC1=C([C@H](O)CC/C(=C/c2cc(Br)ccc2O)c2ccccn2)[C@H](CO)[C@@H]2C(=O)N(C(=O)OC)C(=O)[C@@H]2C1. The molecule has 1 fully saturated rings. The molecule has 4 atom stereocenters. The molecular formula is C29H31BrN2O8. The molecule has 3 amide bonds. The van der Waals surface area contributed by atoms with Gasteiger partial charge in [-0.25, -0.2) is 4.79 Å². The summed E-state index contributed by atoms with van der Waals surface area (Å²) in [6.07, 6.45) is 1.91. The third-order valence-corrected chi connectivity index (χ3v) is 7.91. The highest BCUT2D eigenvalue weighted by Crippen LogP contribution is 2.46. The predicted octanol–water partition coefficient (Wildman–Crippen LogP) is 3.55. The number of halogens is 1. The van der Waals surface area contributed by atoms with Gasteiger partial charge in [0, 0.05) is 29.3 Å². The van der Waals surface area contributed by atoms with Crippen LogP contribution in [0, 0.1) is 17.8 Å². The van der Waals surface area contributed by atoms with Crippen LogP contribution in [0.15, 0.2) is 58.2 Å². The summed E-state index contributed by atoms with van der Waals surface area (Å²) in [4.78, 5) is 43.3. The van der Waals surface area contributed by atoms with Crippen LogP contribution in [0.25, 0.3) is 11.6 Å². The number of allylic oxidation sites excluding steroid dienone is 1. The van der Waals surface area contributed by atoms with Crippen molar-refractivity contribution < 1.29 is 39.2 Å². The maximum Gasteiger partial charge on any atom is 0.423 e. The Morgan fingerprint density at radius 1 is 1.23 bits per heavy atom. The molecule has 4 rings (SSSR count). The fourth-order valence-electron chi connectivity index (χ4n) is 5.64. The topological polar surface area (TPSA) is 146 Å². The Morgan fingerprint density at radius 3 is 2.65 bits per heavy atom. The van der Waals surface area contributed by atoms with Gasteiger partial charge in [0.25, 0.3) is 0 Å². The molecule has 1 aromatic heterocycles. The van der Waals surface area contributed by atoms with E-state index in [4.69, 9.17) is 4.74 Å². The monoisotopic (exact) mass is 614 g/mol. The molecule has 1 aliphatic heterocycles. The standard InChI is InChI=1S/C29H31BrN2O8/c1-39-15-18-13-20-26(28(37)32(27(20)36)29(38)40-2)21(14-33)25(18)24(35)8-6-16(22-5-3-4-10-31-22)11-17-12-19(30)7-9-23(17)34/h3-5,7,9-12,20-21,24,26,33-35H,6,8,13-15H2,1-2H3/b16-11-/t20-,21+,24-,26-/m1/s1. The highest BCUT2D eigenvalue weighted by molar-refractivity contribution is 9.10. The average molecular weight is 615 g/mol. The lowest BCUT2D eigenvalue weighted by Gasteiger charge is -2.36. The van der Waals surface area contributed by atoms with Crippen molar-refractivity contribution in [1.82, 2.24) is 9.88 Å². The maximum atomic E-state index is 13.2. The molecule has 0 unspecified atom stereocenters. The molecule has 0 saturated carbocycles. The quantitative estimate of drug-likeness (QED) is 0.285. The number of fused-ring (bicyclic) bond motifs is 1. The number of hydrogen-bond donors (Lipinski definition) is 3. The molecule has 0 radical (unpaired) electrons. The Bertz CT molecular complexity index is 1340. The first-order chi connectivity index (χ1) is 19.2. The van der Waals surface area contributed by atoms with Crippen LogP contribution in [0.5, 0.6) is 5.75 Å². The molecule has 2 aliphatic rings. The van der Waals surface area contributed by atoms with E-state index in [-0.39, 0.29) is 25.2 Å². The van der Waals surface area contributed by atoms with Crippen LogP contribution in [-0.4, -0.2) is 76.6 Å². The number of carbonyl (C=O) groups excluding carboxylic acids is 3. The number of carbonyl (C=O) groups is 3. The Hall–Kier alpha value is -3.38. The molecule has 1 aromatic carbocycles. The third-order valence-electron chi connectivity index (χ3n) is 7.42. The van der Waals surface area contributed by atoms with Crippen molar-refractivity contribution in [2.24, 2.45) is 17.8 Å². The molecule has 2 aromatic rings. The van der Waals surface area contributed by atoms with Crippen LogP contribution in [0.1, 0.15) is 30.5 Å². The molecule has 0 spiro atoms. The fraction of sp³-hybridized carbons (Fsp3) is 0.379. The van der Waals surface area contributed by atoms with Crippen molar-refractivity contribution in [2.75, 3.05) is 27.4 Å². The molecule has 11 heteroatoms. The normalized spacial score (nSPS) is 22.0. The fourth-order valence-corrected chi connectivity index (χ4v) is 6.02. The first kappa shape index (κ1) is 29.6. The summed E-state index contributed by atoms with van der Waals surface area (Å²) >= 11 is 3.42. The lowest BCUT2D eigenvalue weighted by molar-refractivity contribution is -0.137. The van der Waals surface area contributed by atoms with E-state index in [0.29, 0.717) is 33.7 Å². The number of hydrogen-bond acceptors (Lipinski definition) is 9. The van der Waals surface area contributed by atoms with Crippen molar-refractivity contribution in [3.05, 3.63) is 69.5 Å². The van der Waals surface area contributed by atoms with Crippen molar-refractivity contribution in [3.63, 3.8) is 0 Å². The number of aliphatic hydroxyl groups is 2. The zero-order valence-corrected chi connectivity index (χ0v) is 23.7. The number of imide groups is 3. The number of nitrogens with zero attached hydrogens (tertiary/aromatic N) is 2. The second kappa shape index (κ2) is 12.9. The van der Waals surface area contributed by atoms with E-state index >= 15 is 0 Å². The van der Waals surface area contributed by atoms with Crippen molar-refractivity contribution >= 4 is 45.5 Å². The first-order valence-corrected chi connectivity index (χ1v) is 13.6. The number of methoxy groups -OCH3 is 2. The number of phenolic OH excluding ortho intramolecular Hbond substituents is 1. The molecule has 3 N–H and O–H groups in total. The minimum atomic E-state index is -1.10. The summed E-state index contributed by atoms with van der Waals surface area (Å²) in [7, 11) is 2.56. The number of aliphatic hydroxyl groups excluding tert-OH is 2. The second-order valence-corrected chi connectivity index (χ2v) is 10.7. The van der Waals surface area contributed by atoms with Gasteiger partial charge in [0.05, 0.1) is 44.0 Å². The van der Waals surface area contributed by atoms with E-state index in [0.717, 1.165) is 17.2 Å². The molecule has 0 bridgehead atoms. The smallest absolute Gasteiger partial charge is 0.423 e. The van der Waals surface area contributed by atoms with Crippen LogP contribution >= 0.6 is 15.9 Å². The number of aromatic nitrogens is 1. The van der Waals surface area contributed by atoms with E-state index in [2.05, 4.69) is 25.7 Å². The molecule has 212 valence electrons. The molecular weight excluding hydrogens is 584 g/mol. The number of benzene rings is 1. The van der Waals surface area contributed by atoms with Crippen LogP contribution in [0.4, 0.5) is 4.79 Å².